The van der Waals surface area contributed by atoms with Gasteiger partial charge in [0.2, 0.25) is 0 Å². The molecule has 10 heteroatoms. The third kappa shape index (κ3) is 4.20. The molecule has 3 heterocycles. The number of carbonyl (C=O) groups excluding carboxylic acids is 2. The monoisotopic (exact) mass is 457 g/mol. The largest absolute Gasteiger partial charge is 0.449 e. The maximum atomic E-state index is 13.2. The van der Waals surface area contributed by atoms with Crippen molar-refractivity contribution >= 4 is 34.5 Å². The maximum Gasteiger partial charge on any atom is 0.409 e. The summed E-state index contributed by atoms with van der Waals surface area (Å²) in [6, 6.07) is 8.29. The Kier molecular flexibility index (Phi) is 6.18. The van der Waals surface area contributed by atoms with Gasteiger partial charge in [-0.25, -0.2) is 9.78 Å². The fourth-order valence-corrected chi connectivity index (χ4v) is 4.07. The number of fused-ring (bicyclic) bond motifs is 1. The van der Waals surface area contributed by atoms with E-state index in [1.54, 1.807) is 40.1 Å². The molecule has 168 valence electrons. The molecule has 0 aliphatic carbocycles. The molecular formula is C22H24ClN5O4. The average Bonchev–Trinajstić information content (AvgIpc) is 3.22. The van der Waals surface area contributed by atoms with E-state index in [1.807, 2.05) is 13.8 Å². The highest BCUT2D eigenvalue weighted by Crippen LogP contribution is 2.29. The van der Waals surface area contributed by atoms with Crippen molar-refractivity contribution in [2.24, 2.45) is 0 Å². The zero-order chi connectivity index (χ0) is 22.8. The number of benzene rings is 1. The summed E-state index contributed by atoms with van der Waals surface area (Å²) in [7, 11) is 0. The van der Waals surface area contributed by atoms with Crippen LogP contribution in [0.4, 0.5) is 4.79 Å². The predicted octanol–water partition coefficient (Wildman–Crippen LogP) is 3.68. The number of aromatic nitrogens is 3. The van der Waals surface area contributed by atoms with Gasteiger partial charge in [-0.1, -0.05) is 24.6 Å². The Labute approximate surface area is 190 Å². The number of hydrogen-bond donors (Lipinski definition) is 1. The second-order valence-corrected chi connectivity index (χ2v) is 8.14. The van der Waals surface area contributed by atoms with Crippen LogP contribution in [0.25, 0.3) is 22.3 Å². The van der Waals surface area contributed by atoms with Gasteiger partial charge in [0.25, 0.3) is 5.91 Å². The summed E-state index contributed by atoms with van der Waals surface area (Å²) in [5.41, 5.74) is 1.85. The topological polar surface area (TPSA) is 101 Å². The number of ether oxygens (including phenoxy) is 1. The minimum atomic E-state index is -0.342. The van der Waals surface area contributed by atoms with Crippen LogP contribution in [0.1, 0.15) is 30.6 Å². The van der Waals surface area contributed by atoms with Crippen molar-refractivity contribution in [3.05, 3.63) is 47.1 Å². The molecule has 32 heavy (non-hydrogen) atoms. The van der Waals surface area contributed by atoms with Crippen LogP contribution in [-0.2, 0) is 4.74 Å². The van der Waals surface area contributed by atoms with Crippen molar-refractivity contribution in [3.63, 3.8) is 0 Å². The van der Waals surface area contributed by atoms with Crippen molar-refractivity contribution in [2.45, 2.75) is 26.3 Å². The molecule has 4 rings (SSSR count). The van der Waals surface area contributed by atoms with E-state index in [-0.39, 0.29) is 18.0 Å². The molecule has 9 nitrogen and oxygen atoms in total. The third-order valence-corrected chi connectivity index (χ3v) is 5.78. The van der Waals surface area contributed by atoms with E-state index in [4.69, 9.17) is 16.3 Å². The van der Waals surface area contributed by atoms with Crippen LogP contribution in [0.15, 0.2) is 36.5 Å². The lowest BCUT2D eigenvalue weighted by Crippen LogP contribution is -2.55. The number of pyridine rings is 1. The van der Waals surface area contributed by atoms with E-state index >= 15 is 0 Å². The summed E-state index contributed by atoms with van der Waals surface area (Å²) in [5, 5.41) is 14.7. The number of halogens is 1. The predicted molar refractivity (Wildman–Crippen MR) is 119 cm³/mol. The Morgan fingerprint density at radius 3 is 2.75 bits per heavy atom. The van der Waals surface area contributed by atoms with Gasteiger partial charge < -0.3 is 19.7 Å². The lowest BCUT2D eigenvalue weighted by Gasteiger charge is -2.39. The average molecular weight is 458 g/mol. The lowest BCUT2D eigenvalue weighted by atomic mass is 10.1. The Hall–Kier alpha value is -3.33. The molecule has 0 saturated carbocycles. The van der Waals surface area contributed by atoms with Crippen molar-refractivity contribution in [1.29, 1.82) is 0 Å². The van der Waals surface area contributed by atoms with Gasteiger partial charge in [-0.2, -0.15) is 0 Å². The highest BCUT2D eigenvalue weighted by Gasteiger charge is 2.31. The summed E-state index contributed by atoms with van der Waals surface area (Å²) < 4.78 is 5.21. The molecule has 1 aliphatic heterocycles. The first-order valence-electron chi connectivity index (χ1n) is 10.5. The summed E-state index contributed by atoms with van der Waals surface area (Å²) in [4.78, 5) is 34.0. The van der Waals surface area contributed by atoms with Crippen molar-refractivity contribution < 1.29 is 19.5 Å². The van der Waals surface area contributed by atoms with Gasteiger partial charge in [-0.15, -0.1) is 9.94 Å². The van der Waals surface area contributed by atoms with Crippen molar-refractivity contribution in [1.82, 2.24) is 24.7 Å². The van der Waals surface area contributed by atoms with E-state index in [2.05, 4.69) is 10.1 Å². The molecule has 1 fully saturated rings. The molecule has 1 unspecified atom stereocenters. The summed E-state index contributed by atoms with van der Waals surface area (Å²) in [5.74, 6) is -0.142. The maximum absolute atomic E-state index is 13.2. The van der Waals surface area contributed by atoms with Gasteiger partial charge in [-0.3, -0.25) is 4.79 Å². The van der Waals surface area contributed by atoms with E-state index in [9.17, 15) is 14.8 Å². The van der Waals surface area contributed by atoms with Crippen LogP contribution in [0.3, 0.4) is 0 Å². The van der Waals surface area contributed by atoms with Crippen LogP contribution in [0.2, 0.25) is 5.02 Å². The molecule has 3 aromatic rings. The van der Waals surface area contributed by atoms with E-state index in [1.165, 1.54) is 6.20 Å². The quantitative estimate of drug-likeness (QED) is 0.600. The molecule has 0 radical (unpaired) electrons. The molecule has 0 spiro atoms. The number of piperazine rings is 1. The molecule has 0 bridgehead atoms. The molecule has 1 saturated heterocycles. The highest BCUT2D eigenvalue weighted by atomic mass is 35.5. The van der Waals surface area contributed by atoms with E-state index in [0.29, 0.717) is 59.1 Å². The minimum absolute atomic E-state index is 0.142. The summed E-state index contributed by atoms with van der Waals surface area (Å²) >= 11 is 6.42. The highest BCUT2D eigenvalue weighted by molar-refractivity contribution is 6.35. The van der Waals surface area contributed by atoms with Gasteiger partial charge in [-0.05, 0) is 37.6 Å². The van der Waals surface area contributed by atoms with Crippen LogP contribution in [0.5, 0.6) is 0 Å². The molecule has 1 aromatic carbocycles. The van der Waals surface area contributed by atoms with Crippen LogP contribution >= 0.6 is 11.6 Å². The fourth-order valence-electron chi connectivity index (χ4n) is 3.81. The zero-order valence-corrected chi connectivity index (χ0v) is 18.6. The van der Waals surface area contributed by atoms with Crippen LogP contribution < -0.4 is 0 Å². The molecular weight excluding hydrogens is 434 g/mol. The van der Waals surface area contributed by atoms with Gasteiger partial charge in [0, 0.05) is 36.6 Å². The molecule has 2 amide bonds. The van der Waals surface area contributed by atoms with Gasteiger partial charge in [0.1, 0.15) is 5.69 Å². The second kappa shape index (κ2) is 9.04. The summed E-state index contributed by atoms with van der Waals surface area (Å²) in [6.45, 7) is 5.49. The second-order valence-electron chi connectivity index (χ2n) is 7.74. The smallest absolute Gasteiger partial charge is 0.409 e. The standard InChI is InChI=1S/C22H24ClN5O4/c1-3-10-32-22(30)26-8-9-27(14(2)13-26)21(29)15-4-5-16-17(23)12-19(25-18(16)11-15)20-6-7-24-28(20)31/h4-7,11-12,14,31H,3,8-10,13H2,1-2H3. The van der Waals surface area contributed by atoms with Crippen LogP contribution in [-0.4, -0.2) is 74.2 Å². The van der Waals surface area contributed by atoms with E-state index < -0.39 is 0 Å². The third-order valence-electron chi connectivity index (χ3n) is 5.47. The molecule has 1 aliphatic rings. The number of carbonyl (C=O) groups is 2. The molecule has 1 N–H and O–H groups in total. The summed E-state index contributed by atoms with van der Waals surface area (Å²) in [6.07, 6.45) is 1.88. The molecule has 1 atom stereocenters. The van der Waals surface area contributed by atoms with Crippen LogP contribution in [0, 0.1) is 0 Å². The van der Waals surface area contributed by atoms with Crippen molar-refractivity contribution in [2.75, 3.05) is 26.2 Å². The number of rotatable bonds is 4. The minimum Gasteiger partial charge on any atom is -0.449 e. The fraction of sp³-hybridized carbons (Fsp3) is 0.364. The Morgan fingerprint density at radius 2 is 2.06 bits per heavy atom. The first-order valence-corrected chi connectivity index (χ1v) is 10.8. The molecule has 2 aromatic heterocycles. The normalized spacial score (nSPS) is 16.4. The number of amides is 2. The number of hydrogen-bond acceptors (Lipinski definition) is 6. The first-order chi connectivity index (χ1) is 15.4. The van der Waals surface area contributed by atoms with Gasteiger partial charge in [0.15, 0.2) is 0 Å². The van der Waals surface area contributed by atoms with E-state index in [0.717, 1.165) is 11.3 Å². The lowest BCUT2D eigenvalue weighted by molar-refractivity contribution is 0.0414. The number of nitrogens with zero attached hydrogens (tertiary/aromatic N) is 5. The SMILES string of the molecule is CCCOC(=O)N1CCN(C(=O)c2ccc3c(Cl)cc(-c4ccnn4O)nc3c2)C(C)C1. The Bertz CT molecular complexity index is 1160. The Balaban J connectivity index is 1.56. The van der Waals surface area contributed by atoms with Crippen molar-refractivity contribution in [3.8, 4) is 11.4 Å². The Morgan fingerprint density at radius 1 is 1.25 bits per heavy atom. The van der Waals surface area contributed by atoms with Gasteiger partial charge >= 0.3 is 6.09 Å². The zero-order valence-electron chi connectivity index (χ0n) is 17.9. The first kappa shape index (κ1) is 21.9. The van der Waals surface area contributed by atoms with Gasteiger partial charge in [0.05, 0.1) is 29.0 Å².